The molecular weight excluding hydrogens is 332 g/mol. The van der Waals surface area contributed by atoms with Crippen LogP contribution in [0.5, 0.6) is 0 Å². The van der Waals surface area contributed by atoms with E-state index >= 15 is 0 Å². The van der Waals surface area contributed by atoms with E-state index < -0.39 is 5.97 Å². The molecule has 1 aromatic rings. The summed E-state index contributed by atoms with van der Waals surface area (Å²) in [6, 6.07) is 8.43. The van der Waals surface area contributed by atoms with Gasteiger partial charge in [0.05, 0.1) is 0 Å². The maximum atomic E-state index is 10.6. The maximum absolute atomic E-state index is 10.6. The highest BCUT2D eigenvalue weighted by atomic mass is 35.5. The number of carbonyl (C=O) groups is 1. The summed E-state index contributed by atoms with van der Waals surface area (Å²) in [5.74, 6) is 2.37. The topological polar surface area (TPSA) is 37.3 Å². The number of benzene rings is 1. The average Bonchev–Trinajstić information content (AvgIpc) is 2.63. The Labute approximate surface area is 156 Å². The minimum Gasteiger partial charge on any atom is -0.478 e. The largest absolute Gasteiger partial charge is 0.478 e. The Morgan fingerprint density at radius 2 is 1.52 bits per heavy atom. The van der Waals surface area contributed by atoms with Crippen LogP contribution in [0.2, 0.25) is 5.02 Å². The highest BCUT2D eigenvalue weighted by Gasteiger charge is 2.30. The number of allylic oxidation sites excluding steroid dienone is 1. The number of aliphatic carboxylic acids is 1. The fourth-order valence-corrected chi connectivity index (χ4v) is 5.04. The molecule has 0 atom stereocenters. The first-order valence-electron chi connectivity index (χ1n) is 9.76. The van der Waals surface area contributed by atoms with Crippen molar-refractivity contribution in [3.8, 4) is 0 Å². The second-order valence-corrected chi connectivity index (χ2v) is 8.36. The van der Waals surface area contributed by atoms with Crippen molar-refractivity contribution in [1.82, 2.24) is 0 Å². The summed E-state index contributed by atoms with van der Waals surface area (Å²) in [5, 5.41) is 9.51. The number of carboxylic acid groups (broad SMARTS) is 1. The van der Waals surface area contributed by atoms with E-state index in [0.29, 0.717) is 11.8 Å². The van der Waals surface area contributed by atoms with Crippen LogP contribution in [-0.4, -0.2) is 11.1 Å². The van der Waals surface area contributed by atoms with E-state index in [-0.39, 0.29) is 0 Å². The van der Waals surface area contributed by atoms with Gasteiger partial charge in [-0.3, -0.25) is 0 Å². The van der Waals surface area contributed by atoms with Crippen LogP contribution in [-0.2, 0) is 4.79 Å². The molecule has 0 unspecified atom stereocenters. The van der Waals surface area contributed by atoms with Gasteiger partial charge in [0, 0.05) is 11.1 Å². The van der Waals surface area contributed by atoms with E-state index in [1.54, 1.807) is 0 Å². The maximum Gasteiger partial charge on any atom is 0.327 e. The van der Waals surface area contributed by atoms with Crippen LogP contribution in [0, 0.1) is 17.8 Å². The Kier molecular flexibility index (Phi) is 6.58. The zero-order valence-electron chi connectivity index (χ0n) is 14.9. The minimum absolute atomic E-state index is 0.692. The van der Waals surface area contributed by atoms with Crippen molar-refractivity contribution in [2.45, 2.75) is 63.7 Å². The zero-order valence-corrected chi connectivity index (χ0v) is 15.6. The first-order valence-corrected chi connectivity index (χ1v) is 10.1. The van der Waals surface area contributed by atoms with E-state index in [9.17, 15) is 4.79 Å². The predicted octanol–water partition coefficient (Wildman–Crippen LogP) is 6.45. The van der Waals surface area contributed by atoms with E-state index in [1.807, 2.05) is 18.2 Å². The third-order valence-electron chi connectivity index (χ3n) is 6.40. The summed E-state index contributed by atoms with van der Waals surface area (Å²) >= 11 is 6.00. The van der Waals surface area contributed by atoms with E-state index in [0.717, 1.165) is 23.3 Å². The fourth-order valence-electron chi connectivity index (χ4n) is 4.92. The predicted molar refractivity (Wildman–Crippen MR) is 103 cm³/mol. The molecule has 3 rings (SSSR count). The molecule has 25 heavy (non-hydrogen) atoms. The molecule has 0 saturated heterocycles. The van der Waals surface area contributed by atoms with Gasteiger partial charge in [-0.2, -0.15) is 0 Å². The van der Waals surface area contributed by atoms with Gasteiger partial charge in [-0.05, 0) is 99.2 Å². The summed E-state index contributed by atoms with van der Waals surface area (Å²) in [7, 11) is 0. The van der Waals surface area contributed by atoms with Crippen molar-refractivity contribution in [2.24, 2.45) is 17.8 Å². The quantitative estimate of drug-likeness (QED) is 0.612. The number of hydrogen-bond acceptors (Lipinski definition) is 1. The minimum atomic E-state index is -0.828. The van der Waals surface area contributed by atoms with Crippen molar-refractivity contribution >= 4 is 17.6 Å². The van der Waals surface area contributed by atoms with Crippen LogP contribution in [0.3, 0.4) is 0 Å². The van der Waals surface area contributed by atoms with Crippen molar-refractivity contribution < 1.29 is 9.90 Å². The molecule has 0 heterocycles. The molecule has 2 aliphatic carbocycles. The monoisotopic (exact) mass is 360 g/mol. The molecule has 2 aliphatic rings. The van der Waals surface area contributed by atoms with Crippen LogP contribution in [0.4, 0.5) is 0 Å². The standard InChI is InChI=1S/C22H29ClO2/c23-21-14-12-20(13-15-21)19-10-8-18(9-11-19)17-6-4-16(5-7-17)2-1-3-22(24)25/h1,3,12-19H,2,4-11H2,(H,24,25)/b3-1+. The van der Waals surface area contributed by atoms with Gasteiger partial charge in [-0.1, -0.05) is 29.8 Å². The molecule has 0 spiro atoms. The summed E-state index contributed by atoms with van der Waals surface area (Å²) < 4.78 is 0. The third-order valence-corrected chi connectivity index (χ3v) is 6.65. The van der Waals surface area contributed by atoms with Crippen LogP contribution < -0.4 is 0 Å². The van der Waals surface area contributed by atoms with Gasteiger partial charge in [-0.25, -0.2) is 4.79 Å². The molecule has 0 aliphatic heterocycles. The van der Waals surface area contributed by atoms with Gasteiger partial charge < -0.3 is 5.11 Å². The first-order chi connectivity index (χ1) is 12.1. The Morgan fingerprint density at radius 3 is 2.08 bits per heavy atom. The van der Waals surface area contributed by atoms with Crippen LogP contribution in [0.25, 0.3) is 0 Å². The molecule has 2 nitrogen and oxygen atoms in total. The molecule has 1 N–H and O–H groups in total. The number of halogens is 1. The number of hydrogen-bond donors (Lipinski definition) is 1. The molecule has 0 amide bonds. The molecule has 136 valence electrons. The van der Waals surface area contributed by atoms with Crippen molar-refractivity contribution in [2.75, 3.05) is 0 Å². The van der Waals surface area contributed by atoms with Gasteiger partial charge in [0.25, 0.3) is 0 Å². The van der Waals surface area contributed by atoms with Crippen molar-refractivity contribution in [1.29, 1.82) is 0 Å². The highest BCUT2D eigenvalue weighted by molar-refractivity contribution is 6.30. The lowest BCUT2D eigenvalue weighted by Crippen LogP contribution is -2.25. The van der Waals surface area contributed by atoms with E-state index in [4.69, 9.17) is 16.7 Å². The average molecular weight is 361 g/mol. The summed E-state index contributed by atoms with van der Waals surface area (Å²) in [6.07, 6.45) is 14.6. The van der Waals surface area contributed by atoms with Crippen LogP contribution >= 0.6 is 11.6 Å². The number of rotatable bonds is 5. The second kappa shape index (κ2) is 8.89. The molecule has 1 aromatic carbocycles. The lowest BCUT2D eigenvalue weighted by atomic mass is 9.68. The Morgan fingerprint density at radius 1 is 0.960 bits per heavy atom. The Hall–Kier alpha value is -1.28. The second-order valence-electron chi connectivity index (χ2n) is 7.92. The van der Waals surface area contributed by atoms with Gasteiger partial charge in [0.1, 0.15) is 0 Å². The molecule has 0 aromatic heterocycles. The molecular formula is C22H29ClO2. The summed E-state index contributed by atoms with van der Waals surface area (Å²) in [5.41, 5.74) is 1.46. The molecule has 2 fully saturated rings. The Bertz CT molecular complexity index is 577. The van der Waals surface area contributed by atoms with E-state index in [1.165, 1.54) is 63.0 Å². The van der Waals surface area contributed by atoms with Crippen LogP contribution in [0.15, 0.2) is 36.4 Å². The van der Waals surface area contributed by atoms with Gasteiger partial charge >= 0.3 is 5.97 Å². The normalized spacial score (nSPS) is 30.4. The summed E-state index contributed by atoms with van der Waals surface area (Å²) in [4.78, 5) is 10.6. The van der Waals surface area contributed by atoms with Crippen molar-refractivity contribution in [3.05, 3.63) is 47.0 Å². The van der Waals surface area contributed by atoms with Crippen molar-refractivity contribution in [3.63, 3.8) is 0 Å². The SMILES string of the molecule is O=C(O)/C=C/CC1CCC(C2CCC(c3ccc(Cl)cc3)CC2)CC1. The highest BCUT2D eigenvalue weighted by Crippen LogP contribution is 2.44. The van der Waals surface area contributed by atoms with Gasteiger partial charge in [0.2, 0.25) is 0 Å². The van der Waals surface area contributed by atoms with Gasteiger partial charge in [-0.15, -0.1) is 0 Å². The third kappa shape index (κ3) is 5.34. The first kappa shape index (κ1) is 18.5. The fraction of sp³-hybridized carbons (Fsp3) is 0.591. The van der Waals surface area contributed by atoms with Crippen LogP contribution in [0.1, 0.15) is 69.3 Å². The zero-order chi connectivity index (χ0) is 17.6. The lowest BCUT2D eigenvalue weighted by molar-refractivity contribution is -0.131. The number of carboxylic acids is 1. The smallest absolute Gasteiger partial charge is 0.327 e. The van der Waals surface area contributed by atoms with E-state index in [2.05, 4.69) is 12.1 Å². The molecule has 0 radical (unpaired) electrons. The molecule has 3 heteroatoms. The molecule has 0 bridgehead atoms. The lowest BCUT2D eigenvalue weighted by Gasteiger charge is -2.38. The van der Waals surface area contributed by atoms with Gasteiger partial charge in [0.15, 0.2) is 0 Å². The molecule has 2 saturated carbocycles. The summed E-state index contributed by atoms with van der Waals surface area (Å²) in [6.45, 7) is 0. The Balaban J connectivity index is 1.42.